The van der Waals surface area contributed by atoms with Gasteiger partial charge in [0.15, 0.2) is 0 Å². The number of anilines is 1. The van der Waals surface area contributed by atoms with Gasteiger partial charge in [-0.2, -0.15) is 13.2 Å². The number of nitrogens with zero attached hydrogens (tertiary/aromatic N) is 2. The Morgan fingerprint density at radius 3 is 2.40 bits per heavy atom. The number of fused-ring (bicyclic) bond motifs is 1. The van der Waals surface area contributed by atoms with E-state index < -0.39 is 46.8 Å². The van der Waals surface area contributed by atoms with Crippen LogP contribution in [0.4, 0.5) is 27.6 Å². The number of carbonyl (C=O) groups is 2. The van der Waals surface area contributed by atoms with Crippen molar-refractivity contribution >= 4 is 29.1 Å². The summed E-state index contributed by atoms with van der Waals surface area (Å²) in [5, 5.41) is 5.34. The quantitative estimate of drug-likeness (QED) is 0.240. The average Bonchev–Trinajstić information content (AvgIpc) is 3.70. The fourth-order valence-corrected chi connectivity index (χ4v) is 4.84. The van der Waals surface area contributed by atoms with Crippen molar-refractivity contribution in [3.05, 3.63) is 105 Å². The summed E-state index contributed by atoms with van der Waals surface area (Å²) in [4.78, 5) is 34.7. The first-order chi connectivity index (χ1) is 20.0. The van der Waals surface area contributed by atoms with Crippen molar-refractivity contribution in [2.24, 2.45) is 0 Å². The van der Waals surface area contributed by atoms with Crippen molar-refractivity contribution in [2.45, 2.75) is 31.2 Å². The Hall–Kier alpha value is -4.58. The van der Waals surface area contributed by atoms with Gasteiger partial charge in [-0.25, -0.2) is 18.7 Å². The Labute approximate surface area is 239 Å². The number of nitrogens with one attached hydrogen (secondary N) is 2. The Bertz CT molecular complexity index is 1740. The monoisotopic (exact) mass is 600 g/mol. The van der Waals surface area contributed by atoms with Gasteiger partial charge >= 0.3 is 12.2 Å². The number of rotatable bonds is 6. The number of ether oxygens (including phenoxy) is 1. The molecule has 0 spiro atoms. The minimum absolute atomic E-state index is 0.00713. The van der Waals surface area contributed by atoms with Crippen molar-refractivity contribution in [1.29, 1.82) is 0 Å². The molecule has 2 amide bonds. The molecule has 1 unspecified atom stereocenters. The number of alkyl halides is 3. The van der Waals surface area contributed by atoms with Crippen molar-refractivity contribution in [1.82, 2.24) is 15.3 Å². The first kappa shape index (κ1) is 27.6. The second-order valence-corrected chi connectivity index (χ2v) is 10.2. The predicted molar refractivity (Wildman–Crippen MR) is 141 cm³/mol. The number of hydrogen-bond donors (Lipinski definition) is 2. The van der Waals surface area contributed by atoms with Crippen molar-refractivity contribution < 1.29 is 36.3 Å². The van der Waals surface area contributed by atoms with E-state index in [9.17, 15) is 31.5 Å². The van der Waals surface area contributed by atoms with E-state index in [1.807, 2.05) is 0 Å². The smallest absolute Gasteiger partial charge is 0.416 e. The normalized spacial score (nSPS) is 16.1. The summed E-state index contributed by atoms with van der Waals surface area (Å²) in [6, 6.07) is 7.12. The zero-order valence-electron chi connectivity index (χ0n) is 21.2. The zero-order valence-corrected chi connectivity index (χ0v) is 22.0. The second kappa shape index (κ2) is 10.4. The molecule has 214 valence electrons. The van der Waals surface area contributed by atoms with Crippen molar-refractivity contribution in [3.8, 4) is 17.1 Å². The molecule has 0 saturated heterocycles. The van der Waals surface area contributed by atoms with Gasteiger partial charge in [0.25, 0.3) is 11.8 Å². The highest BCUT2D eigenvalue weighted by Crippen LogP contribution is 2.42. The lowest BCUT2D eigenvalue weighted by atomic mass is 9.93. The summed E-state index contributed by atoms with van der Waals surface area (Å²) >= 11 is 6.32. The average molecular weight is 601 g/mol. The van der Waals surface area contributed by atoms with Gasteiger partial charge in [-0.1, -0.05) is 11.6 Å². The molecule has 0 bridgehead atoms. The predicted octanol–water partition coefficient (Wildman–Crippen LogP) is 6.72. The van der Waals surface area contributed by atoms with Crippen LogP contribution in [0.5, 0.6) is 6.01 Å². The van der Waals surface area contributed by atoms with Crippen LogP contribution >= 0.6 is 11.6 Å². The molecule has 1 saturated carbocycles. The standard InChI is InChI=1S/C29H18ClF5N4O3/c30-22-4-1-17(31)10-20(22)25-24-21(27(41)39-25)7-13(15-11-36-28(37-12-15)42-19-2-3-19)8-23(24)38-26(40)14-5-16(29(33,34)35)9-18(32)6-14/h1,4-12,19,25H,2-3H2,(H,38,40)(H,39,41). The molecule has 6 rings (SSSR count). The van der Waals surface area contributed by atoms with E-state index in [2.05, 4.69) is 20.6 Å². The van der Waals surface area contributed by atoms with Crippen molar-refractivity contribution in [3.63, 3.8) is 0 Å². The molecular weight excluding hydrogens is 583 g/mol. The van der Waals surface area contributed by atoms with E-state index in [0.717, 1.165) is 25.0 Å². The largest absolute Gasteiger partial charge is 0.460 e. The van der Waals surface area contributed by atoms with E-state index in [-0.39, 0.29) is 45.6 Å². The van der Waals surface area contributed by atoms with Gasteiger partial charge < -0.3 is 15.4 Å². The number of halogens is 6. The molecule has 1 fully saturated rings. The molecule has 13 heteroatoms. The maximum atomic E-state index is 14.2. The van der Waals surface area contributed by atoms with Crippen LogP contribution in [0.25, 0.3) is 11.1 Å². The first-order valence-electron chi connectivity index (χ1n) is 12.6. The minimum Gasteiger partial charge on any atom is -0.460 e. The van der Waals surface area contributed by atoms with E-state index >= 15 is 0 Å². The van der Waals surface area contributed by atoms with Crippen molar-refractivity contribution in [2.75, 3.05) is 5.32 Å². The molecular formula is C29H18ClF5N4O3. The molecule has 42 heavy (non-hydrogen) atoms. The van der Waals surface area contributed by atoms with Crippen LogP contribution in [-0.2, 0) is 6.18 Å². The van der Waals surface area contributed by atoms with Gasteiger partial charge in [-0.3, -0.25) is 9.59 Å². The van der Waals surface area contributed by atoms with Crippen LogP contribution in [-0.4, -0.2) is 27.9 Å². The second-order valence-electron chi connectivity index (χ2n) is 9.81. The highest BCUT2D eigenvalue weighted by Gasteiger charge is 2.36. The SMILES string of the molecule is O=C(Nc1cc(-c2cnc(OC3CC3)nc2)cc2c1C(c1cc(F)ccc1Cl)NC2=O)c1cc(F)cc(C(F)(F)F)c1. The third-order valence-electron chi connectivity index (χ3n) is 6.75. The van der Waals surface area contributed by atoms with E-state index in [4.69, 9.17) is 16.3 Å². The lowest BCUT2D eigenvalue weighted by molar-refractivity contribution is -0.137. The molecule has 2 N–H and O–H groups in total. The summed E-state index contributed by atoms with van der Waals surface area (Å²) < 4.78 is 73.7. The van der Waals surface area contributed by atoms with Crippen LogP contribution < -0.4 is 15.4 Å². The fraction of sp³-hybridized carbons (Fsp3) is 0.172. The zero-order chi connectivity index (χ0) is 29.8. The molecule has 1 atom stereocenters. The lowest BCUT2D eigenvalue weighted by Gasteiger charge is -2.19. The summed E-state index contributed by atoms with van der Waals surface area (Å²) in [6.07, 6.45) is -0.125. The Kier molecular flexibility index (Phi) is 6.80. The van der Waals surface area contributed by atoms with E-state index in [1.54, 1.807) is 0 Å². The number of aromatic nitrogens is 2. The molecule has 4 aromatic rings. The first-order valence-corrected chi connectivity index (χ1v) is 13.0. The summed E-state index contributed by atoms with van der Waals surface area (Å²) in [5.41, 5.74) is -0.704. The van der Waals surface area contributed by atoms with Crippen LogP contribution in [0, 0.1) is 11.6 Å². The molecule has 3 aromatic carbocycles. The third kappa shape index (κ3) is 5.49. The molecule has 2 heterocycles. The fourth-order valence-electron chi connectivity index (χ4n) is 4.61. The van der Waals surface area contributed by atoms with E-state index in [1.165, 1.54) is 30.6 Å². The van der Waals surface area contributed by atoms with Crippen LogP contribution in [0.1, 0.15) is 56.3 Å². The number of carbonyl (C=O) groups excluding carboxylic acids is 2. The molecule has 1 aliphatic carbocycles. The highest BCUT2D eigenvalue weighted by molar-refractivity contribution is 6.31. The third-order valence-corrected chi connectivity index (χ3v) is 7.10. The molecule has 7 nitrogen and oxygen atoms in total. The van der Waals surface area contributed by atoms with E-state index in [0.29, 0.717) is 23.3 Å². The highest BCUT2D eigenvalue weighted by atomic mass is 35.5. The van der Waals surface area contributed by atoms with Gasteiger partial charge in [0, 0.05) is 50.9 Å². The molecule has 2 aliphatic rings. The van der Waals surface area contributed by atoms with Gasteiger partial charge in [0.1, 0.15) is 17.7 Å². The Morgan fingerprint density at radius 2 is 1.71 bits per heavy atom. The van der Waals surface area contributed by atoms with Crippen LogP contribution in [0.2, 0.25) is 5.02 Å². The Morgan fingerprint density at radius 1 is 0.976 bits per heavy atom. The molecule has 1 aliphatic heterocycles. The number of hydrogen-bond acceptors (Lipinski definition) is 5. The van der Waals surface area contributed by atoms with Crippen LogP contribution in [0.3, 0.4) is 0 Å². The number of amides is 2. The van der Waals surface area contributed by atoms with Gasteiger partial charge in [-0.15, -0.1) is 0 Å². The summed E-state index contributed by atoms with van der Waals surface area (Å²) in [5.74, 6) is -3.55. The number of benzene rings is 3. The maximum Gasteiger partial charge on any atom is 0.416 e. The van der Waals surface area contributed by atoms with Gasteiger partial charge in [0.05, 0.1) is 11.6 Å². The van der Waals surface area contributed by atoms with Crippen LogP contribution in [0.15, 0.2) is 60.9 Å². The Balaban J connectivity index is 1.45. The van der Waals surface area contributed by atoms with Gasteiger partial charge in [0.2, 0.25) is 0 Å². The lowest BCUT2D eigenvalue weighted by Crippen LogP contribution is -2.21. The molecule has 0 radical (unpaired) electrons. The molecule has 1 aromatic heterocycles. The topological polar surface area (TPSA) is 93.2 Å². The summed E-state index contributed by atoms with van der Waals surface area (Å²) in [6.45, 7) is 0. The van der Waals surface area contributed by atoms with Gasteiger partial charge in [-0.05, 0) is 66.9 Å². The minimum atomic E-state index is -4.90. The summed E-state index contributed by atoms with van der Waals surface area (Å²) in [7, 11) is 0. The maximum absolute atomic E-state index is 14.2.